The number of allylic oxidation sites excluding steroid dienone is 4. The molecule has 1 heterocycles. The number of hydrogen-bond acceptors (Lipinski definition) is 5. The SMILES string of the molecule is COC(=O)C[C@H]1CC[C@H](C)[C@@H](/C(C)=C/C=C/[C@@H](C)C/C(C)=C/[C@H](C)[C@@H](OC)[C@@H](C)O[Si](C)(C)C(C)(C)C)O1. The van der Waals surface area contributed by atoms with Gasteiger partial charge < -0.3 is 18.6 Å². The summed E-state index contributed by atoms with van der Waals surface area (Å²) in [4.78, 5) is 11.7. The van der Waals surface area contributed by atoms with E-state index < -0.39 is 8.32 Å². The maximum atomic E-state index is 11.7. The van der Waals surface area contributed by atoms with Gasteiger partial charge in [-0.3, -0.25) is 4.79 Å². The third-order valence-corrected chi connectivity index (χ3v) is 13.0. The Bertz CT molecular complexity index is 822. The van der Waals surface area contributed by atoms with Crippen LogP contribution in [0.4, 0.5) is 0 Å². The van der Waals surface area contributed by atoms with Gasteiger partial charge in [-0.1, -0.05) is 71.4 Å². The molecular weight excluding hydrogens is 492 g/mol. The second kappa shape index (κ2) is 15.5. The summed E-state index contributed by atoms with van der Waals surface area (Å²) >= 11 is 0. The number of rotatable bonds is 13. The van der Waals surface area contributed by atoms with Gasteiger partial charge in [0.15, 0.2) is 8.32 Å². The molecule has 1 fully saturated rings. The summed E-state index contributed by atoms with van der Waals surface area (Å²) in [6, 6.07) is 0. The molecule has 0 aromatic carbocycles. The molecule has 1 aliphatic rings. The number of methoxy groups -OCH3 is 2. The third kappa shape index (κ3) is 11.1. The number of esters is 1. The molecule has 0 radical (unpaired) electrons. The van der Waals surface area contributed by atoms with Crippen molar-refractivity contribution in [2.75, 3.05) is 14.2 Å². The number of hydrogen-bond donors (Lipinski definition) is 0. The zero-order valence-electron chi connectivity index (χ0n) is 26.7. The summed E-state index contributed by atoms with van der Waals surface area (Å²) in [5.41, 5.74) is 2.57. The van der Waals surface area contributed by atoms with Gasteiger partial charge in [0, 0.05) is 13.0 Å². The maximum Gasteiger partial charge on any atom is 0.308 e. The average molecular weight is 551 g/mol. The van der Waals surface area contributed by atoms with Crippen LogP contribution >= 0.6 is 0 Å². The Hall–Kier alpha value is -1.21. The largest absolute Gasteiger partial charge is 0.469 e. The summed E-state index contributed by atoms with van der Waals surface area (Å²) in [5, 5.41) is 0.176. The van der Waals surface area contributed by atoms with Crippen molar-refractivity contribution in [3.63, 3.8) is 0 Å². The van der Waals surface area contributed by atoms with Gasteiger partial charge in [-0.25, -0.2) is 0 Å². The van der Waals surface area contributed by atoms with E-state index in [0.717, 1.165) is 19.3 Å². The first-order valence-corrected chi connectivity index (χ1v) is 17.4. The van der Waals surface area contributed by atoms with Gasteiger partial charge in [0.1, 0.15) is 0 Å². The fourth-order valence-electron chi connectivity index (χ4n) is 5.21. The smallest absolute Gasteiger partial charge is 0.308 e. The monoisotopic (exact) mass is 550 g/mol. The number of carbonyl (C=O) groups is 1. The fraction of sp³-hybridized carbons (Fsp3) is 0.781. The summed E-state index contributed by atoms with van der Waals surface area (Å²) < 4.78 is 23.7. The zero-order valence-corrected chi connectivity index (χ0v) is 27.7. The van der Waals surface area contributed by atoms with Gasteiger partial charge in [0.25, 0.3) is 0 Å². The van der Waals surface area contributed by atoms with Gasteiger partial charge >= 0.3 is 5.97 Å². The molecule has 0 aromatic heterocycles. The quantitative estimate of drug-likeness (QED) is 0.0999. The predicted molar refractivity (Wildman–Crippen MR) is 162 cm³/mol. The van der Waals surface area contributed by atoms with Crippen molar-refractivity contribution in [3.8, 4) is 0 Å². The van der Waals surface area contributed by atoms with Crippen LogP contribution in [0.2, 0.25) is 18.1 Å². The molecule has 0 saturated carbocycles. The molecule has 0 amide bonds. The molecular formula is C32H58O5Si. The first kappa shape index (κ1) is 34.8. The minimum Gasteiger partial charge on any atom is -0.469 e. The lowest BCUT2D eigenvalue weighted by atomic mass is 9.88. The Morgan fingerprint density at radius 3 is 2.29 bits per heavy atom. The van der Waals surface area contributed by atoms with Crippen LogP contribution in [-0.2, 0) is 23.4 Å². The Morgan fingerprint density at radius 1 is 1.11 bits per heavy atom. The Labute approximate surface area is 235 Å². The maximum absolute atomic E-state index is 11.7. The molecule has 0 aromatic rings. The molecule has 38 heavy (non-hydrogen) atoms. The van der Waals surface area contributed by atoms with Crippen LogP contribution in [0.15, 0.2) is 35.5 Å². The van der Waals surface area contributed by atoms with E-state index in [1.165, 1.54) is 18.3 Å². The second-order valence-corrected chi connectivity index (χ2v) is 17.9. The molecule has 220 valence electrons. The lowest BCUT2D eigenvalue weighted by Crippen LogP contribution is -2.47. The molecule has 0 spiro atoms. The highest BCUT2D eigenvalue weighted by Gasteiger charge is 2.40. The van der Waals surface area contributed by atoms with E-state index in [4.69, 9.17) is 18.6 Å². The topological polar surface area (TPSA) is 54.0 Å². The van der Waals surface area contributed by atoms with Crippen LogP contribution in [0.5, 0.6) is 0 Å². The minimum atomic E-state index is -1.86. The van der Waals surface area contributed by atoms with Crippen molar-refractivity contribution in [1.29, 1.82) is 0 Å². The van der Waals surface area contributed by atoms with E-state index in [0.29, 0.717) is 18.3 Å². The van der Waals surface area contributed by atoms with Gasteiger partial charge in [-0.15, -0.1) is 0 Å². The van der Waals surface area contributed by atoms with Crippen molar-refractivity contribution in [2.24, 2.45) is 17.8 Å². The van der Waals surface area contributed by atoms with Crippen LogP contribution in [0, 0.1) is 17.8 Å². The van der Waals surface area contributed by atoms with E-state index in [1.54, 1.807) is 7.11 Å². The molecule has 0 unspecified atom stereocenters. The summed E-state index contributed by atoms with van der Waals surface area (Å²) in [6.45, 7) is 24.6. The van der Waals surface area contributed by atoms with Gasteiger partial charge in [0.2, 0.25) is 0 Å². The van der Waals surface area contributed by atoms with Crippen LogP contribution < -0.4 is 0 Å². The number of ether oxygens (including phenoxy) is 3. The lowest BCUT2D eigenvalue weighted by molar-refractivity contribution is -0.147. The molecule has 0 N–H and O–H groups in total. The first-order chi connectivity index (χ1) is 17.5. The van der Waals surface area contributed by atoms with Crippen molar-refractivity contribution in [2.45, 2.75) is 131 Å². The van der Waals surface area contributed by atoms with Crippen molar-refractivity contribution < 1.29 is 23.4 Å². The highest BCUT2D eigenvalue weighted by Crippen LogP contribution is 2.38. The minimum absolute atomic E-state index is 0.0241. The number of carbonyl (C=O) groups excluding carboxylic acids is 1. The molecule has 0 bridgehead atoms. The van der Waals surface area contributed by atoms with Gasteiger partial charge in [0.05, 0.1) is 37.9 Å². The summed E-state index contributed by atoms with van der Waals surface area (Å²) in [5.74, 6) is 0.919. The Balaban J connectivity index is 2.74. The van der Waals surface area contributed by atoms with Gasteiger partial charge in [-0.05, 0) is 75.6 Å². The van der Waals surface area contributed by atoms with Crippen LogP contribution in [0.25, 0.3) is 0 Å². The highest BCUT2D eigenvalue weighted by molar-refractivity contribution is 6.74. The van der Waals surface area contributed by atoms with Crippen LogP contribution in [0.3, 0.4) is 0 Å². The molecule has 7 atom stereocenters. The Kier molecular flexibility index (Phi) is 14.2. The normalized spacial score (nSPS) is 25.2. The van der Waals surface area contributed by atoms with Crippen LogP contribution in [0.1, 0.15) is 88.0 Å². The fourth-order valence-corrected chi connectivity index (χ4v) is 6.62. The first-order valence-electron chi connectivity index (χ1n) is 14.5. The summed E-state index contributed by atoms with van der Waals surface area (Å²) in [6.07, 6.45) is 12.3. The Morgan fingerprint density at radius 2 is 1.74 bits per heavy atom. The standard InChI is InChI=1S/C32H58O5Si/c1-22(15-14-16-24(3)30-25(4)17-18-28(36-30)21-29(33)34-10)19-23(2)20-26(5)31(35-11)27(6)37-38(12,13)32(7,8)9/h14-16,20,22,25-28,30-31H,17-19,21H2,1-13H3/b15-14+,23-20+,24-16+/t22-,25+,26+,27-,28-,30-,31-/m1/s1. The van der Waals surface area contributed by atoms with Gasteiger partial charge in [-0.2, -0.15) is 0 Å². The van der Waals surface area contributed by atoms with Crippen molar-refractivity contribution in [1.82, 2.24) is 0 Å². The summed E-state index contributed by atoms with van der Waals surface area (Å²) in [7, 11) is 1.37. The van der Waals surface area contributed by atoms with Crippen molar-refractivity contribution in [3.05, 3.63) is 35.5 Å². The van der Waals surface area contributed by atoms with E-state index in [2.05, 4.69) is 99.7 Å². The highest BCUT2D eigenvalue weighted by atomic mass is 28.4. The van der Waals surface area contributed by atoms with Crippen molar-refractivity contribution >= 4 is 14.3 Å². The van der Waals surface area contributed by atoms with E-state index in [-0.39, 0.29) is 41.3 Å². The molecule has 0 aliphatic carbocycles. The molecule has 1 aliphatic heterocycles. The zero-order chi connectivity index (χ0) is 29.3. The van der Waals surface area contributed by atoms with E-state index in [9.17, 15) is 4.79 Å². The predicted octanol–water partition coefficient (Wildman–Crippen LogP) is 8.27. The lowest BCUT2D eigenvalue weighted by Gasteiger charge is -2.41. The second-order valence-electron chi connectivity index (χ2n) is 13.1. The van der Waals surface area contributed by atoms with Crippen LogP contribution in [-0.4, -0.2) is 52.9 Å². The van der Waals surface area contributed by atoms with E-state index >= 15 is 0 Å². The molecule has 5 nitrogen and oxygen atoms in total. The molecule has 1 rings (SSSR count). The molecule has 6 heteroatoms. The third-order valence-electron chi connectivity index (χ3n) is 8.40. The van der Waals surface area contributed by atoms with E-state index in [1.807, 2.05) is 0 Å². The molecule has 1 saturated heterocycles. The average Bonchev–Trinajstić information content (AvgIpc) is 2.79.